The molecule has 1 fully saturated rings. The first-order chi connectivity index (χ1) is 8.03. The summed E-state index contributed by atoms with van der Waals surface area (Å²) in [7, 11) is 0. The molecule has 0 spiro atoms. The van der Waals surface area contributed by atoms with Gasteiger partial charge in [-0.1, -0.05) is 0 Å². The minimum absolute atomic E-state index is 0.0763. The van der Waals surface area contributed by atoms with E-state index in [9.17, 15) is 9.90 Å². The molecule has 0 aliphatic carbocycles. The van der Waals surface area contributed by atoms with Crippen LogP contribution < -0.4 is 0 Å². The van der Waals surface area contributed by atoms with Gasteiger partial charge in [-0.15, -0.1) is 0 Å². The zero-order valence-electron chi connectivity index (χ0n) is 10.5. The first-order valence-electron chi connectivity index (χ1n) is 6.20. The van der Waals surface area contributed by atoms with Gasteiger partial charge in [0.2, 0.25) is 0 Å². The fourth-order valence-corrected chi connectivity index (χ4v) is 2.24. The van der Waals surface area contributed by atoms with Crippen LogP contribution in [-0.4, -0.2) is 39.2 Å². The predicted molar refractivity (Wildman–Crippen MR) is 65.9 cm³/mol. The predicted octanol–water partition coefficient (Wildman–Crippen LogP) is 1.50. The number of amides is 1. The Hall–Kier alpha value is -1.29. The fraction of sp³-hybridized carbons (Fsp3) is 0.615. The molecule has 0 aromatic carbocycles. The molecule has 1 N–H and O–H groups in total. The summed E-state index contributed by atoms with van der Waals surface area (Å²) in [5.41, 5.74) is 0.137. The van der Waals surface area contributed by atoms with Crippen LogP contribution in [-0.2, 0) is 6.54 Å². The topological polar surface area (TPSA) is 45.5 Å². The first kappa shape index (κ1) is 12.2. The lowest BCUT2D eigenvalue weighted by Gasteiger charge is -2.35. The van der Waals surface area contributed by atoms with Crippen LogP contribution in [0.5, 0.6) is 0 Å². The van der Waals surface area contributed by atoms with Crippen LogP contribution in [0.25, 0.3) is 0 Å². The molecule has 0 atom stereocenters. The van der Waals surface area contributed by atoms with Crippen molar-refractivity contribution in [1.29, 1.82) is 0 Å². The number of aliphatic hydroxyl groups is 1. The van der Waals surface area contributed by atoms with E-state index in [0.29, 0.717) is 25.9 Å². The minimum atomic E-state index is -0.608. The first-order valence-corrected chi connectivity index (χ1v) is 6.20. The van der Waals surface area contributed by atoms with E-state index in [0.717, 1.165) is 12.2 Å². The van der Waals surface area contributed by atoms with Crippen molar-refractivity contribution >= 4 is 5.91 Å². The number of rotatable bonds is 2. The third kappa shape index (κ3) is 2.52. The van der Waals surface area contributed by atoms with Crippen molar-refractivity contribution in [2.24, 2.45) is 0 Å². The van der Waals surface area contributed by atoms with Crippen LogP contribution >= 0.6 is 0 Å². The Balaban J connectivity index is 2.07. The summed E-state index contributed by atoms with van der Waals surface area (Å²) in [4.78, 5) is 14.1. The van der Waals surface area contributed by atoms with E-state index >= 15 is 0 Å². The second-order valence-corrected chi connectivity index (χ2v) is 4.97. The van der Waals surface area contributed by atoms with E-state index in [4.69, 9.17) is 0 Å². The third-order valence-corrected chi connectivity index (χ3v) is 3.52. The maximum atomic E-state index is 12.3. The highest BCUT2D eigenvalue weighted by atomic mass is 16.3. The van der Waals surface area contributed by atoms with E-state index in [-0.39, 0.29) is 5.91 Å². The maximum absolute atomic E-state index is 12.3. The lowest BCUT2D eigenvalue weighted by atomic mass is 9.94. The van der Waals surface area contributed by atoms with Gasteiger partial charge in [0.05, 0.1) is 5.60 Å². The molecule has 4 heteroatoms. The van der Waals surface area contributed by atoms with Gasteiger partial charge in [0.1, 0.15) is 5.69 Å². The van der Waals surface area contributed by atoms with E-state index in [1.165, 1.54) is 0 Å². The van der Waals surface area contributed by atoms with Crippen molar-refractivity contribution in [3.8, 4) is 0 Å². The van der Waals surface area contributed by atoms with E-state index in [2.05, 4.69) is 0 Å². The Morgan fingerprint density at radius 3 is 2.71 bits per heavy atom. The molecule has 0 bridgehead atoms. The van der Waals surface area contributed by atoms with Gasteiger partial charge in [-0.2, -0.15) is 0 Å². The fourth-order valence-electron chi connectivity index (χ4n) is 2.24. The largest absolute Gasteiger partial charge is 0.390 e. The molecule has 1 aromatic heterocycles. The second-order valence-electron chi connectivity index (χ2n) is 4.97. The Labute approximate surface area is 102 Å². The SMILES string of the molecule is CCn1cccc1C(=O)N1CCC(C)(O)CC1. The number of likely N-dealkylation sites (tertiary alicyclic amines) is 1. The molecule has 1 aromatic rings. The Bertz CT molecular complexity index is 399. The zero-order valence-corrected chi connectivity index (χ0v) is 10.5. The number of nitrogens with zero attached hydrogens (tertiary/aromatic N) is 2. The van der Waals surface area contributed by atoms with Gasteiger partial charge < -0.3 is 14.6 Å². The maximum Gasteiger partial charge on any atom is 0.270 e. The van der Waals surface area contributed by atoms with Gasteiger partial charge >= 0.3 is 0 Å². The summed E-state index contributed by atoms with van der Waals surface area (Å²) in [5.74, 6) is 0.0763. The Morgan fingerprint density at radius 1 is 1.47 bits per heavy atom. The lowest BCUT2D eigenvalue weighted by molar-refractivity contribution is -0.00231. The standard InChI is InChI=1S/C13H20N2O2/c1-3-14-8-4-5-11(14)12(16)15-9-6-13(2,17)7-10-15/h4-5,8,17H,3,6-7,9-10H2,1-2H3. The Kier molecular flexibility index (Phi) is 3.24. The highest BCUT2D eigenvalue weighted by Crippen LogP contribution is 2.22. The molecule has 2 heterocycles. The van der Waals surface area contributed by atoms with E-state index in [1.807, 2.05) is 41.6 Å². The number of carbonyl (C=O) groups excluding carboxylic acids is 1. The molecule has 0 unspecified atom stereocenters. The van der Waals surface area contributed by atoms with Crippen molar-refractivity contribution in [2.45, 2.75) is 38.8 Å². The highest BCUT2D eigenvalue weighted by Gasteiger charge is 2.30. The van der Waals surface area contributed by atoms with Crippen molar-refractivity contribution in [3.05, 3.63) is 24.0 Å². The Morgan fingerprint density at radius 2 is 2.12 bits per heavy atom. The van der Waals surface area contributed by atoms with Crippen LogP contribution in [0.15, 0.2) is 18.3 Å². The average Bonchev–Trinajstić information content (AvgIpc) is 2.76. The van der Waals surface area contributed by atoms with Gasteiger partial charge in [-0.25, -0.2) is 0 Å². The molecule has 1 aliphatic rings. The summed E-state index contributed by atoms with van der Waals surface area (Å²) in [5, 5.41) is 9.86. The summed E-state index contributed by atoms with van der Waals surface area (Å²) >= 11 is 0. The molecule has 4 nitrogen and oxygen atoms in total. The molecule has 17 heavy (non-hydrogen) atoms. The van der Waals surface area contributed by atoms with Crippen LogP contribution in [0, 0.1) is 0 Å². The van der Waals surface area contributed by atoms with Crippen molar-refractivity contribution in [1.82, 2.24) is 9.47 Å². The monoisotopic (exact) mass is 236 g/mol. The van der Waals surface area contributed by atoms with E-state index < -0.39 is 5.60 Å². The van der Waals surface area contributed by atoms with Gasteiger partial charge in [-0.3, -0.25) is 4.79 Å². The molecule has 0 radical (unpaired) electrons. The highest BCUT2D eigenvalue weighted by molar-refractivity contribution is 5.92. The normalized spacial score (nSPS) is 19.4. The summed E-state index contributed by atoms with van der Waals surface area (Å²) in [6, 6.07) is 3.76. The molecular weight excluding hydrogens is 216 g/mol. The van der Waals surface area contributed by atoms with Crippen LogP contribution in [0.4, 0.5) is 0 Å². The number of aromatic nitrogens is 1. The van der Waals surface area contributed by atoms with Crippen molar-refractivity contribution in [3.63, 3.8) is 0 Å². The number of hydrogen-bond donors (Lipinski definition) is 1. The van der Waals surface area contributed by atoms with Gasteiger partial charge in [0, 0.05) is 25.8 Å². The lowest BCUT2D eigenvalue weighted by Crippen LogP contribution is -2.45. The van der Waals surface area contributed by atoms with Crippen molar-refractivity contribution < 1.29 is 9.90 Å². The molecular formula is C13H20N2O2. The minimum Gasteiger partial charge on any atom is -0.390 e. The summed E-state index contributed by atoms with van der Waals surface area (Å²) in [6.45, 7) is 5.95. The summed E-state index contributed by atoms with van der Waals surface area (Å²) < 4.78 is 1.95. The molecule has 1 aliphatic heterocycles. The molecule has 0 saturated carbocycles. The van der Waals surface area contributed by atoms with Crippen LogP contribution in [0.2, 0.25) is 0 Å². The molecule has 1 saturated heterocycles. The van der Waals surface area contributed by atoms with E-state index in [1.54, 1.807) is 0 Å². The van der Waals surface area contributed by atoms with Crippen LogP contribution in [0.1, 0.15) is 37.2 Å². The van der Waals surface area contributed by atoms with Gasteiger partial charge in [0.15, 0.2) is 0 Å². The zero-order chi connectivity index (χ0) is 12.5. The summed E-state index contributed by atoms with van der Waals surface area (Å²) in [6.07, 6.45) is 3.24. The smallest absolute Gasteiger partial charge is 0.270 e. The molecule has 94 valence electrons. The number of piperidine rings is 1. The number of hydrogen-bond acceptors (Lipinski definition) is 2. The van der Waals surface area contributed by atoms with Gasteiger partial charge in [0.25, 0.3) is 5.91 Å². The third-order valence-electron chi connectivity index (χ3n) is 3.52. The van der Waals surface area contributed by atoms with Crippen molar-refractivity contribution in [2.75, 3.05) is 13.1 Å². The second kappa shape index (κ2) is 4.53. The average molecular weight is 236 g/mol. The van der Waals surface area contributed by atoms with Crippen LogP contribution in [0.3, 0.4) is 0 Å². The number of aryl methyl sites for hydroxylation is 1. The molecule has 1 amide bonds. The number of carbonyl (C=O) groups is 1. The molecule has 2 rings (SSSR count). The van der Waals surface area contributed by atoms with Gasteiger partial charge in [-0.05, 0) is 38.8 Å². The quantitative estimate of drug-likeness (QED) is 0.845.